The number of rotatable bonds is 12. The Hall–Kier alpha value is -4.85. The lowest BCUT2D eigenvalue weighted by Gasteiger charge is -2.43. The Balaban J connectivity index is 1.84. The van der Waals surface area contributed by atoms with Gasteiger partial charge in [-0.2, -0.15) is 0 Å². The zero-order chi connectivity index (χ0) is 31.7. The lowest BCUT2D eigenvalue weighted by molar-refractivity contribution is -0.288. The summed E-state index contributed by atoms with van der Waals surface area (Å²) in [4.78, 5) is 60.0. The van der Waals surface area contributed by atoms with Gasteiger partial charge in [0, 0.05) is 33.8 Å². The summed E-state index contributed by atoms with van der Waals surface area (Å²) in [5, 5.41) is 10.6. The first-order valence-electron chi connectivity index (χ1n) is 13.0. The van der Waals surface area contributed by atoms with E-state index in [1.165, 1.54) is 19.2 Å². The number of carbonyl (C=O) groups excluding carboxylic acids is 5. The fraction of sp³-hybridized carbons (Fsp3) is 0.414. The molecular weight excluding hydrogens is 572 g/mol. The number of ether oxygens (including phenoxy) is 8. The van der Waals surface area contributed by atoms with Crippen molar-refractivity contribution in [2.24, 2.45) is 0 Å². The third-order valence-corrected chi connectivity index (χ3v) is 5.90. The van der Waals surface area contributed by atoms with E-state index in [1.807, 2.05) is 0 Å². The number of phenolic OH excluding ortho intramolecular Hbond substituents is 1. The molecule has 1 fully saturated rings. The van der Waals surface area contributed by atoms with E-state index in [4.69, 9.17) is 37.9 Å². The number of hydrogen-bond donors (Lipinski definition) is 1. The van der Waals surface area contributed by atoms with Crippen molar-refractivity contribution >= 4 is 29.7 Å². The summed E-state index contributed by atoms with van der Waals surface area (Å²) in [6, 6.07) is 10.3. The second kappa shape index (κ2) is 14.9. The van der Waals surface area contributed by atoms with Crippen LogP contribution in [0.25, 0.3) is 0 Å². The summed E-state index contributed by atoms with van der Waals surface area (Å²) in [6.07, 6.45) is -7.00. The summed E-state index contributed by atoms with van der Waals surface area (Å²) < 4.78 is 43.4. The third kappa shape index (κ3) is 9.33. The van der Waals surface area contributed by atoms with Gasteiger partial charge in [-0.05, 0) is 36.4 Å². The van der Waals surface area contributed by atoms with Crippen molar-refractivity contribution in [2.75, 3.05) is 20.3 Å². The lowest BCUT2D eigenvalue weighted by atomic mass is 9.98. The number of phenols is 1. The molecule has 0 radical (unpaired) electrons. The van der Waals surface area contributed by atoms with Crippen LogP contribution in [-0.4, -0.2) is 85.8 Å². The van der Waals surface area contributed by atoms with Gasteiger partial charge in [-0.15, -0.1) is 0 Å². The fourth-order valence-corrected chi connectivity index (χ4v) is 4.14. The van der Waals surface area contributed by atoms with E-state index in [9.17, 15) is 29.1 Å². The summed E-state index contributed by atoms with van der Waals surface area (Å²) in [7, 11) is 1.52. The second-order valence-corrected chi connectivity index (χ2v) is 9.25. The van der Waals surface area contributed by atoms with Crippen LogP contribution in [0.15, 0.2) is 42.5 Å². The second-order valence-electron chi connectivity index (χ2n) is 9.25. The minimum Gasteiger partial charge on any atom is -0.507 e. The van der Waals surface area contributed by atoms with Gasteiger partial charge in [-0.1, -0.05) is 0 Å². The van der Waals surface area contributed by atoms with Gasteiger partial charge in [0.25, 0.3) is 0 Å². The average molecular weight is 605 g/mol. The number of benzene rings is 2. The molecule has 0 bridgehead atoms. The SMILES string of the molecule is COc1ccc(OCC(=O)c2ccc(O[C@@H]3O[C@H](COC(C)=O)[C@H](OC(C)=O)[C@@H](OC(C)=O)[C@@H]3OC(C)=O)cc2O)cc1. The molecule has 0 spiro atoms. The molecule has 1 heterocycles. The minimum absolute atomic E-state index is 0.0361. The topological polar surface area (TPSA) is 179 Å². The highest BCUT2D eigenvalue weighted by atomic mass is 16.7. The van der Waals surface area contributed by atoms with E-state index in [1.54, 1.807) is 24.3 Å². The standard InChI is InChI=1S/C29H32O14/c1-15(30)37-14-25-26(39-16(2)31)27(40-17(3)32)28(41-18(4)33)29(43-25)42-21-10-11-22(23(34)12-21)24(35)13-38-20-8-6-19(36-5)7-9-20/h6-12,25-29,34H,13-14H2,1-5H3/t25-,26+,27-,28+,29-/m1/s1. The molecule has 1 saturated heterocycles. The Kier molecular flexibility index (Phi) is 11.3. The summed E-state index contributed by atoms with van der Waals surface area (Å²) >= 11 is 0. The van der Waals surface area contributed by atoms with Crippen molar-refractivity contribution < 1.29 is 67.0 Å². The van der Waals surface area contributed by atoms with Crippen LogP contribution < -0.4 is 14.2 Å². The van der Waals surface area contributed by atoms with E-state index in [2.05, 4.69) is 0 Å². The maximum atomic E-state index is 12.7. The molecule has 1 aliphatic heterocycles. The lowest BCUT2D eigenvalue weighted by Crippen LogP contribution is -2.63. The maximum Gasteiger partial charge on any atom is 0.303 e. The predicted molar refractivity (Wildman–Crippen MR) is 144 cm³/mol. The van der Waals surface area contributed by atoms with Gasteiger partial charge in [0.1, 0.15) is 35.7 Å². The molecule has 14 nitrogen and oxygen atoms in total. The molecule has 0 aliphatic carbocycles. The molecule has 1 aliphatic rings. The molecular formula is C29H32O14. The van der Waals surface area contributed by atoms with Crippen LogP contribution in [0.3, 0.4) is 0 Å². The number of aromatic hydroxyl groups is 1. The number of hydrogen-bond acceptors (Lipinski definition) is 14. The minimum atomic E-state index is -1.51. The molecule has 232 valence electrons. The van der Waals surface area contributed by atoms with E-state index < -0.39 is 72.7 Å². The molecule has 2 aromatic rings. The number of ketones is 1. The zero-order valence-electron chi connectivity index (χ0n) is 24.1. The van der Waals surface area contributed by atoms with Crippen LogP contribution in [0.4, 0.5) is 0 Å². The van der Waals surface area contributed by atoms with Gasteiger partial charge in [-0.3, -0.25) is 24.0 Å². The first-order chi connectivity index (χ1) is 20.4. The van der Waals surface area contributed by atoms with Crippen molar-refractivity contribution in [3.8, 4) is 23.0 Å². The highest BCUT2D eigenvalue weighted by molar-refractivity contribution is 5.99. The zero-order valence-corrected chi connectivity index (χ0v) is 24.1. The van der Waals surface area contributed by atoms with E-state index in [0.717, 1.165) is 33.8 Å². The van der Waals surface area contributed by atoms with Crippen LogP contribution in [0.1, 0.15) is 38.1 Å². The fourth-order valence-electron chi connectivity index (χ4n) is 4.14. The van der Waals surface area contributed by atoms with Crippen molar-refractivity contribution in [3.05, 3.63) is 48.0 Å². The Bertz CT molecular complexity index is 1320. The van der Waals surface area contributed by atoms with E-state index in [-0.39, 0.29) is 17.9 Å². The van der Waals surface area contributed by atoms with Gasteiger partial charge in [-0.25, -0.2) is 0 Å². The van der Waals surface area contributed by atoms with Crippen molar-refractivity contribution in [2.45, 2.75) is 58.4 Å². The normalized spacial score (nSPS) is 21.1. The predicted octanol–water partition coefficient (Wildman–Crippen LogP) is 2.12. The third-order valence-electron chi connectivity index (χ3n) is 5.90. The molecule has 0 amide bonds. The average Bonchev–Trinajstić information content (AvgIpc) is 2.93. The van der Waals surface area contributed by atoms with Crippen molar-refractivity contribution in [1.29, 1.82) is 0 Å². The van der Waals surface area contributed by atoms with Crippen LogP contribution in [0, 0.1) is 0 Å². The van der Waals surface area contributed by atoms with Gasteiger partial charge < -0.3 is 43.0 Å². The quantitative estimate of drug-likeness (QED) is 0.211. The van der Waals surface area contributed by atoms with Gasteiger partial charge in [0.2, 0.25) is 18.2 Å². The van der Waals surface area contributed by atoms with E-state index in [0.29, 0.717) is 11.5 Å². The van der Waals surface area contributed by atoms with Crippen LogP contribution in [0.5, 0.6) is 23.0 Å². The number of esters is 4. The molecule has 14 heteroatoms. The van der Waals surface area contributed by atoms with Gasteiger partial charge in [0.15, 0.2) is 18.8 Å². The number of methoxy groups -OCH3 is 1. The Labute approximate surface area is 246 Å². The highest BCUT2D eigenvalue weighted by Crippen LogP contribution is 2.32. The van der Waals surface area contributed by atoms with Gasteiger partial charge in [0.05, 0.1) is 12.7 Å². The first kappa shape index (κ1) is 32.7. The summed E-state index contributed by atoms with van der Waals surface area (Å²) in [5.41, 5.74) is -0.0672. The molecule has 0 saturated carbocycles. The van der Waals surface area contributed by atoms with Crippen LogP contribution in [0.2, 0.25) is 0 Å². The first-order valence-corrected chi connectivity index (χ1v) is 13.0. The summed E-state index contributed by atoms with van der Waals surface area (Å²) in [6.45, 7) is 3.62. The number of Topliss-reactive ketones (excluding diaryl/α,β-unsaturated/α-hetero) is 1. The molecule has 1 N–H and O–H groups in total. The Morgan fingerprint density at radius 2 is 1.30 bits per heavy atom. The Morgan fingerprint density at radius 1 is 0.744 bits per heavy atom. The number of carbonyl (C=O) groups is 5. The molecule has 0 aromatic heterocycles. The molecule has 0 unspecified atom stereocenters. The van der Waals surface area contributed by atoms with Crippen LogP contribution >= 0.6 is 0 Å². The largest absolute Gasteiger partial charge is 0.507 e. The van der Waals surface area contributed by atoms with Gasteiger partial charge >= 0.3 is 23.9 Å². The highest BCUT2D eigenvalue weighted by Gasteiger charge is 2.53. The van der Waals surface area contributed by atoms with Crippen molar-refractivity contribution in [1.82, 2.24) is 0 Å². The Morgan fingerprint density at radius 3 is 1.86 bits per heavy atom. The maximum absolute atomic E-state index is 12.7. The monoisotopic (exact) mass is 604 g/mol. The van der Waals surface area contributed by atoms with E-state index >= 15 is 0 Å². The molecule has 5 atom stereocenters. The summed E-state index contributed by atoms with van der Waals surface area (Å²) in [5.74, 6) is -3.05. The molecule has 43 heavy (non-hydrogen) atoms. The molecule has 3 rings (SSSR count). The molecule has 2 aromatic carbocycles. The van der Waals surface area contributed by atoms with Crippen molar-refractivity contribution in [3.63, 3.8) is 0 Å². The van der Waals surface area contributed by atoms with Crippen LogP contribution in [-0.2, 0) is 42.9 Å². The smallest absolute Gasteiger partial charge is 0.303 e.